The van der Waals surface area contributed by atoms with Crippen molar-refractivity contribution in [2.75, 3.05) is 5.73 Å². The van der Waals surface area contributed by atoms with Crippen LogP contribution in [-0.4, -0.2) is 19.7 Å². The van der Waals surface area contributed by atoms with Gasteiger partial charge in [0.1, 0.15) is 5.75 Å². The van der Waals surface area contributed by atoms with E-state index in [-0.39, 0.29) is 11.6 Å². The molecule has 0 aliphatic heterocycles. The second-order valence-electron chi connectivity index (χ2n) is 6.17. The Balaban J connectivity index is 1.70. The molecule has 0 saturated heterocycles. The number of benzene rings is 1. The molecular formula is C20H14N6OS2. The summed E-state index contributed by atoms with van der Waals surface area (Å²) >= 11 is 3.24. The Kier molecular flexibility index (Phi) is 4.30. The minimum Gasteiger partial charge on any atom is -0.508 e. The molecular weight excluding hydrogens is 404 g/mol. The van der Waals surface area contributed by atoms with Crippen LogP contribution in [0.25, 0.3) is 26.8 Å². The van der Waals surface area contributed by atoms with Gasteiger partial charge in [0, 0.05) is 0 Å². The van der Waals surface area contributed by atoms with Crippen LogP contribution in [0.3, 0.4) is 0 Å². The van der Waals surface area contributed by atoms with Crippen molar-refractivity contribution < 1.29 is 5.11 Å². The largest absolute Gasteiger partial charge is 0.508 e. The Morgan fingerprint density at radius 1 is 0.931 bits per heavy atom. The number of phenols is 1. The summed E-state index contributed by atoms with van der Waals surface area (Å²) in [6, 6.07) is 16.5. The van der Waals surface area contributed by atoms with E-state index in [2.05, 4.69) is 15.3 Å². The third kappa shape index (κ3) is 3.26. The SMILES string of the molecule is Nc1nn2c(-c3cccs3)cc(-c3cccs3)nc2c1N=Nc1ccc(O)cc1. The summed E-state index contributed by atoms with van der Waals surface area (Å²) in [6.45, 7) is 0. The summed E-state index contributed by atoms with van der Waals surface area (Å²) in [5.74, 6) is 0.420. The fourth-order valence-electron chi connectivity index (χ4n) is 2.90. The Morgan fingerprint density at radius 2 is 1.66 bits per heavy atom. The first-order valence-corrected chi connectivity index (χ1v) is 10.4. The number of rotatable bonds is 4. The second kappa shape index (κ2) is 7.12. The summed E-state index contributed by atoms with van der Waals surface area (Å²) in [4.78, 5) is 6.88. The van der Waals surface area contributed by atoms with Gasteiger partial charge in [0.2, 0.25) is 0 Å². The second-order valence-corrected chi connectivity index (χ2v) is 8.06. The quantitative estimate of drug-likeness (QED) is 0.355. The van der Waals surface area contributed by atoms with Crippen molar-refractivity contribution in [3.63, 3.8) is 0 Å². The zero-order chi connectivity index (χ0) is 19.8. The predicted octanol–water partition coefficient (Wildman–Crippen LogP) is 5.89. The van der Waals surface area contributed by atoms with E-state index < -0.39 is 0 Å². The first-order valence-electron chi connectivity index (χ1n) is 8.67. The molecule has 0 saturated carbocycles. The van der Waals surface area contributed by atoms with Gasteiger partial charge in [-0.3, -0.25) is 0 Å². The molecule has 4 aromatic heterocycles. The van der Waals surface area contributed by atoms with Gasteiger partial charge >= 0.3 is 0 Å². The van der Waals surface area contributed by atoms with Crippen LogP contribution in [-0.2, 0) is 0 Å². The number of azo groups is 1. The molecule has 29 heavy (non-hydrogen) atoms. The number of nitrogens with two attached hydrogens (primary N) is 1. The van der Waals surface area contributed by atoms with Gasteiger partial charge in [0.05, 0.1) is 26.8 Å². The van der Waals surface area contributed by atoms with Crippen molar-refractivity contribution in [2.45, 2.75) is 0 Å². The lowest BCUT2D eigenvalue weighted by molar-refractivity contribution is 0.475. The van der Waals surface area contributed by atoms with Crippen LogP contribution in [0.15, 0.2) is 75.6 Å². The molecule has 1 aromatic carbocycles. The van der Waals surface area contributed by atoms with Crippen molar-refractivity contribution in [1.29, 1.82) is 0 Å². The maximum absolute atomic E-state index is 9.42. The van der Waals surface area contributed by atoms with Gasteiger partial charge in [-0.1, -0.05) is 12.1 Å². The monoisotopic (exact) mass is 418 g/mol. The van der Waals surface area contributed by atoms with E-state index in [1.165, 1.54) is 0 Å². The molecule has 0 amide bonds. The zero-order valence-corrected chi connectivity index (χ0v) is 16.6. The highest BCUT2D eigenvalue weighted by molar-refractivity contribution is 7.14. The van der Waals surface area contributed by atoms with E-state index in [9.17, 15) is 5.11 Å². The van der Waals surface area contributed by atoms with Crippen molar-refractivity contribution in [1.82, 2.24) is 14.6 Å². The number of phenolic OH excluding ortho intramolecular Hbond substituents is 1. The number of thiophene rings is 2. The van der Waals surface area contributed by atoms with Gasteiger partial charge < -0.3 is 10.8 Å². The molecule has 0 fully saturated rings. The van der Waals surface area contributed by atoms with Gasteiger partial charge in [0.25, 0.3) is 0 Å². The molecule has 0 bridgehead atoms. The lowest BCUT2D eigenvalue weighted by atomic mass is 10.2. The molecule has 9 heteroatoms. The Bertz CT molecular complexity index is 1310. The Hall–Kier alpha value is -3.56. The van der Waals surface area contributed by atoms with Crippen LogP contribution in [0, 0.1) is 0 Å². The number of aromatic nitrogens is 3. The molecule has 5 aromatic rings. The minimum atomic E-state index is 0.169. The summed E-state index contributed by atoms with van der Waals surface area (Å²) in [5.41, 5.74) is 9.44. The van der Waals surface area contributed by atoms with Crippen LogP contribution in [0.4, 0.5) is 17.2 Å². The molecule has 0 radical (unpaired) electrons. The highest BCUT2D eigenvalue weighted by Gasteiger charge is 2.18. The maximum Gasteiger partial charge on any atom is 0.186 e. The van der Waals surface area contributed by atoms with E-state index in [4.69, 9.17) is 10.7 Å². The van der Waals surface area contributed by atoms with Crippen molar-refractivity contribution in [3.8, 4) is 26.9 Å². The number of nitrogen functional groups attached to an aromatic ring is 1. The topological polar surface area (TPSA) is 101 Å². The smallest absolute Gasteiger partial charge is 0.186 e. The van der Waals surface area contributed by atoms with Gasteiger partial charge in [-0.15, -0.1) is 32.9 Å². The van der Waals surface area contributed by atoms with E-state index in [0.717, 1.165) is 21.1 Å². The molecule has 0 atom stereocenters. The molecule has 0 unspecified atom stereocenters. The first kappa shape index (κ1) is 17.5. The number of hydrogen-bond acceptors (Lipinski definition) is 8. The molecule has 7 nitrogen and oxygen atoms in total. The fourth-order valence-corrected chi connectivity index (χ4v) is 4.31. The van der Waals surface area contributed by atoms with Crippen molar-refractivity contribution in [3.05, 3.63) is 65.4 Å². The Morgan fingerprint density at radius 3 is 2.34 bits per heavy atom. The number of nitrogens with zero attached hydrogens (tertiary/aromatic N) is 5. The van der Waals surface area contributed by atoms with Gasteiger partial charge in [-0.05, 0) is 53.2 Å². The van der Waals surface area contributed by atoms with Crippen LogP contribution >= 0.6 is 22.7 Å². The molecule has 4 heterocycles. The first-order chi connectivity index (χ1) is 14.2. The summed E-state index contributed by atoms with van der Waals surface area (Å²) in [6.07, 6.45) is 0. The summed E-state index contributed by atoms with van der Waals surface area (Å²) in [7, 11) is 0. The highest BCUT2D eigenvalue weighted by atomic mass is 32.1. The van der Waals surface area contributed by atoms with Crippen LogP contribution in [0.2, 0.25) is 0 Å². The highest BCUT2D eigenvalue weighted by Crippen LogP contribution is 2.36. The van der Waals surface area contributed by atoms with Crippen molar-refractivity contribution >= 4 is 45.5 Å². The predicted molar refractivity (Wildman–Crippen MR) is 116 cm³/mol. The Labute approximate surface area is 173 Å². The summed E-state index contributed by atoms with van der Waals surface area (Å²) in [5, 5.41) is 26.5. The third-order valence-electron chi connectivity index (χ3n) is 4.25. The van der Waals surface area contributed by atoms with Crippen LogP contribution < -0.4 is 5.73 Å². The van der Waals surface area contributed by atoms with E-state index >= 15 is 0 Å². The number of fused-ring (bicyclic) bond motifs is 1. The summed E-state index contributed by atoms with van der Waals surface area (Å²) < 4.78 is 1.71. The van der Waals surface area contributed by atoms with Crippen molar-refractivity contribution in [2.24, 2.45) is 10.2 Å². The molecule has 0 spiro atoms. The average Bonchev–Trinajstić information content (AvgIpc) is 3.48. The maximum atomic E-state index is 9.42. The molecule has 5 rings (SSSR count). The lowest BCUT2D eigenvalue weighted by Crippen LogP contribution is -1.97. The number of anilines is 1. The molecule has 3 N–H and O–H groups in total. The van der Waals surface area contributed by atoms with E-state index in [1.54, 1.807) is 51.5 Å². The van der Waals surface area contributed by atoms with Gasteiger partial charge in [0.15, 0.2) is 17.2 Å². The van der Waals surface area contributed by atoms with E-state index in [0.29, 0.717) is 17.0 Å². The fraction of sp³-hybridized carbons (Fsp3) is 0. The third-order valence-corrected chi connectivity index (χ3v) is 6.04. The standard InChI is InChI=1S/C20H14N6OS2/c21-19-18(24-23-12-5-7-13(27)8-6-12)20-22-14(16-3-1-9-28-16)11-15(26(20)25-19)17-4-2-10-29-17/h1-11,27H,(H2,21,25). The molecule has 0 aliphatic carbocycles. The van der Waals surface area contributed by atoms with Crippen LogP contribution in [0.5, 0.6) is 5.75 Å². The molecule has 0 aliphatic rings. The van der Waals surface area contributed by atoms with Gasteiger partial charge in [-0.2, -0.15) is 5.11 Å². The number of aromatic hydroxyl groups is 1. The average molecular weight is 419 g/mol. The van der Waals surface area contributed by atoms with Crippen LogP contribution in [0.1, 0.15) is 0 Å². The zero-order valence-electron chi connectivity index (χ0n) is 14.9. The van der Waals surface area contributed by atoms with Gasteiger partial charge in [-0.25, -0.2) is 9.50 Å². The lowest BCUT2D eigenvalue weighted by Gasteiger charge is -2.05. The molecule has 142 valence electrons. The normalized spacial score (nSPS) is 11.6. The number of hydrogen-bond donors (Lipinski definition) is 2. The minimum absolute atomic E-state index is 0.169. The van der Waals surface area contributed by atoms with E-state index in [1.807, 2.05) is 41.1 Å².